The standard InChI is InChI=1S/C19H19N5O3/c1-14-11-19(27)23(13-21-14)12-17(25)20-9-10-24-18(26)8-7-16(22-24)15-5-3-2-4-6-15/h2-8,11,13H,9-10,12H2,1H3,(H,20,25). The third-order valence-electron chi connectivity index (χ3n) is 3.91. The molecule has 0 radical (unpaired) electrons. The van der Waals surface area contributed by atoms with Crippen molar-refractivity contribution in [1.29, 1.82) is 0 Å². The summed E-state index contributed by atoms with van der Waals surface area (Å²) >= 11 is 0. The molecular weight excluding hydrogens is 346 g/mol. The summed E-state index contributed by atoms with van der Waals surface area (Å²) in [5.74, 6) is -0.338. The first-order chi connectivity index (χ1) is 13.0. The van der Waals surface area contributed by atoms with Crippen LogP contribution in [0.5, 0.6) is 0 Å². The molecule has 0 aliphatic carbocycles. The van der Waals surface area contributed by atoms with E-state index in [1.165, 1.54) is 27.7 Å². The molecule has 0 bridgehead atoms. The summed E-state index contributed by atoms with van der Waals surface area (Å²) in [6.45, 7) is 2.03. The molecule has 2 aromatic heterocycles. The third-order valence-corrected chi connectivity index (χ3v) is 3.91. The van der Waals surface area contributed by atoms with E-state index >= 15 is 0 Å². The zero-order valence-electron chi connectivity index (χ0n) is 14.8. The average molecular weight is 365 g/mol. The molecule has 0 saturated carbocycles. The number of amides is 1. The lowest BCUT2D eigenvalue weighted by atomic mass is 10.1. The lowest BCUT2D eigenvalue weighted by Gasteiger charge is -2.09. The van der Waals surface area contributed by atoms with Gasteiger partial charge in [-0.3, -0.25) is 19.0 Å². The van der Waals surface area contributed by atoms with Crippen LogP contribution >= 0.6 is 0 Å². The fourth-order valence-electron chi connectivity index (χ4n) is 2.52. The van der Waals surface area contributed by atoms with E-state index in [2.05, 4.69) is 15.4 Å². The fraction of sp³-hybridized carbons (Fsp3) is 0.211. The van der Waals surface area contributed by atoms with Crippen LogP contribution in [0.1, 0.15) is 5.69 Å². The molecule has 8 nitrogen and oxygen atoms in total. The Bertz CT molecular complexity index is 1060. The lowest BCUT2D eigenvalue weighted by Crippen LogP contribution is -2.35. The third kappa shape index (κ3) is 4.75. The second-order valence-corrected chi connectivity index (χ2v) is 5.99. The molecule has 0 saturated heterocycles. The van der Waals surface area contributed by atoms with Crippen molar-refractivity contribution in [3.63, 3.8) is 0 Å². The average Bonchev–Trinajstić information content (AvgIpc) is 2.66. The van der Waals surface area contributed by atoms with Gasteiger partial charge < -0.3 is 5.32 Å². The minimum absolute atomic E-state index is 0.126. The number of carbonyl (C=O) groups is 1. The van der Waals surface area contributed by atoms with E-state index in [1.807, 2.05) is 30.3 Å². The zero-order valence-corrected chi connectivity index (χ0v) is 14.8. The summed E-state index contributed by atoms with van der Waals surface area (Å²) in [5, 5.41) is 7.02. The van der Waals surface area contributed by atoms with Gasteiger partial charge in [0.15, 0.2) is 0 Å². The SMILES string of the molecule is Cc1cc(=O)n(CC(=O)NCCn2nc(-c3ccccc3)ccc2=O)cn1. The molecule has 0 unspecified atom stereocenters. The highest BCUT2D eigenvalue weighted by molar-refractivity contribution is 5.75. The highest BCUT2D eigenvalue weighted by atomic mass is 16.2. The Hall–Kier alpha value is -3.55. The van der Waals surface area contributed by atoms with Crippen molar-refractivity contribution in [2.45, 2.75) is 20.0 Å². The molecule has 3 rings (SSSR count). The first-order valence-corrected chi connectivity index (χ1v) is 8.46. The molecule has 1 N–H and O–H groups in total. The van der Waals surface area contributed by atoms with E-state index in [-0.39, 0.29) is 36.7 Å². The Morgan fingerprint density at radius 3 is 2.59 bits per heavy atom. The highest BCUT2D eigenvalue weighted by Crippen LogP contribution is 2.13. The summed E-state index contributed by atoms with van der Waals surface area (Å²) < 4.78 is 2.53. The van der Waals surface area contributed by atoms with Crippen LogP contribution in [0.3, 0.4) is 0 Å². The molecular formula is C19H19N5O3. The van der Waals surface area contributed by atoms with E-state index in [1.54, 1.807) is 13.0 Å². The molecule has 0 aliphatic heterocycles. The van der Waals surface area contributed by atoms with Gasteiger partial charge in [-0.1, -0.05) is 30.3 Å². The van der Waals surface area contributed by atoms with Crippen LogP contribution in [-0.2, 0) is 17.9 Å². The minimum atomic E-state index is -0.338. The predicted octanol–water partition coefficient (Wildman–Crippen LogP) is 0.592. The molecule has 2 heterocycles. The number of hydrogen-bond donors (Lipinski definition) is 1. The number of carbonyl (C=O) groups excluding carboxylic acids is 1. The van der Waals surface area contributed by atoms with E-state index in [4.69, 9.17) is 0 Å². The maximum absolute atomic E-state index is 12.0. The summed E-state index contributed by atoms with van der Waals surface area (Å²) in [5.41, 5.74) is 1.65. The number of nitrogens with one attached hydrogen (secondary N) is 1. The zero-order chi connectivity index (χ0) is 19.2. The van der Waals surface area contributed by atoms with Crippen LogP contribution in [0.25, 0.3) is 11.3 Å². The summed E-state index contributed by atoms with van der Waals surface area (Å²) in [7, 11) is 0. The van der Waals surface area contributed by atoms with Crippen molar-refractivity contribution >= 4 is 5.91 Å². The van der Waals surface area contributed by atoms with E-state index in [9.17, 15) is 14.4 Å². The normalized spacial score (nSPS) is 10.6. The lowest BCUT2D eigenvalue weighted by molar-refractivity contribution is -0.121. The van der Waals surface area contributed by atoms with Gasteiger partial charge in [-0.05, 0) is 13.0 Å². The van der Waals surface area contributed by atoms with Crippen molar-refractivity contribution in [1.82, 2.24) is 24.6 Å². The van der Waals surface area contributed by atoms with Gasteiger partial charge in [0, 0.05) is 29.9 Å². The Balaban J connectivity index is 1.61. The summed E-state index contributed by atoms with van der Waals surface area (Å²) in [6, 6.07) is 14.0. The van der Waals surface area contributed by atoms with Crippen molar-refractivity contribution in [2.24, 2.45) is 0 Å². The van der Waals surface area contributed by atoms with Gasteiger partial charge in [-0.15, -0.1) is 0 Å². The van der Waals surface area contributed by atoms with Crippen LogP contribution in [0, 0.1) is 6.92 Å². The molecule has 27 heavy (non-hydrogen) atoms. The summed E-state index contributed by atoms with van der Waals surface area (Å²) in [6.07, 6.45) is 1.34. The molecule has 0 atom stereocenters. The van der Waals surface area contributed by atoms with E-state index in [0.717, 1.165) is 5.56 Å². The number of aryl methyl sites for hydroxylation is 1. The van der Waals surface area contributed by atoms with Crippen LogP contribution in [-0.4, -0.2) is 31.8 Å². The Labute approximate surface area is 155 Å². The first kappa shape index (κ1) is 18.2. The fourth-order valence-corrected chi connectivity index (χ4v) is 2.52. The van der Waals surface area contributed by atoms with Gasteiger partial charge in [0.2, 0.25) is 5.91 Å². The van der Waals surface area contributed by atoms with Crippen LogP contribution in [0.4, 0.5) is 0 Å². The Kier molecular flexibility index (Phi) is 5.55. The van der Waals surface area contributed by atoms with Gasteiger partial charge in [0.05, 0.1) is 18.6 Å². The quantitative estimate of drug-likeness (QED) is 0.689. The molecule has 8 heteroatoms. The largest absolute Gasteiger partial charge is 0.353 e. The number of hydrogen-bond acceptors (Lipinski definition) is 5. The van der Waals surface area contributed by atoms with E-state index in [0.29, 0.717) is 11.4 Å². The Morgan fingerprint density at radius 1 is 1.07 bits per heavy atom. The van der Waals surface area contributed by atoms with Crippen LogP contribution in [0.15, 0.2) is 64.4 Å². The second-order valence-electron chi connectivity index (χ2n) is 5.99. The molecule has 0 spiro atoms. The van der Waals surface area contributed by atoms with Gasteiger partial charge in [-0.25, -0.2) is 9.67 Å². The number of benzene rings is 1. The van der Waals surface area contributed by atoms with Crippen molar-refractivity contribution < 1.29 is 4.79 Å². The van der Waals surface area contributed by atoms with Crippen LogP contribution < -0.4 is 16.4 Å². The van der Waals surface area contributed by atoms with Gasteiger partial charge in [-0.2, -0.15) is 5.10 Å². The maximum atomic E-state index is 12.0. The number of rotatable bonds is 6. The highest BCUT2D eigenvalue weighted by Gasteiger charge is 2.06. The molecule has 1 aromatic carbocycles. The molecule has 0 fully saturated rings. The van der Waals surface area contributed by atoms with Gasteiger partial charge >= 0.3 is 0 Å². The smallest absolute Gasteiger partial charge is 0.266 e. The Morgan fingerprint density at radius 2 is 1.85 bits per heavy atom. The monoisotopic (exact) mass is 365 g/mol. The van der Waals surface area contributed by atoms with Gasteiger partial charge in [0.1, 0.15) is 6.54 Å². The topological polar surface area (TPSA) is 98.9 Å². The maximum Gasteiger partial charge on any atom is 0.266 e. The number of aromatic nitrogens is 4. The molecule has 3 aromatic rings. The van der Waals surface area contributed by atoms with Crippen molar-refractivity contribution in [2.75, 3.05) is 6.54 Å². The van der Waals surface area contributed by atoms with Crippen LogP contribution in [0.2, 0.25) is 0 Å². The second kappa shape index (κ2) is 8.22. The van der Waals surface area contributed by atoms with Crippen molar-refractivity contribution in [3.05, 3.63) is 81.3 Å². The number of nitrogens with zero attached hydrogens (tertiary/aromatic N) is 4. The van der Waals surface area contributed by atoms with Crippen molar-refractivity contribution in [3.8, 4) is 11.3 Å². The predicted molar refractivity (Wildman–Crippen MR) is 100 cm³/mol. The van der Waals surface area contributed by atoms with E-state index < -0.39 is 0 Å². The molecule has 1 amide bonds. The molecule has 0 aliphatic rings. The first-order valence-electron chi connectivity index (χ1n) is 8.46. The minimum Gasteiger partial charge on any atom is -0.353 e. The molecule has 138 valence electrons. The van der Waals surface area contributed by atoms with Gasteiger partial charge in [0.25, 0.3) is 11.1 Å². The summed E-state index contributed by atoms with van der Waals surface area (Å²) in [4.78, 5) is 39.8.